The monoisotopic (exact) mass is 391 g/mol. The van der Waals surface area contributed by atoms with Gasteiger partial charge in [-0.05, 0) is 12.5 Å². The first kappa shape index (κ1) is 18.6. The van der Waals surface area contributed by atoms with E-state index in [0.29, 0.717) is 10.9 Å². The molecule has 2 heterocycles. The van der Waals surface area contributed by atoms with Crippen LogP contribution in [-0.2, 0) is 20.0 Å². The van der Waals surface area contributed by atoms with Gasteiger partial charge in [0.05, 0.1) is 7.05 Å². The molecule has 142 valence electrons. The Morgan fingerprint density at radius 2 is 1.79 bits per heavy atom. The fraction of sp³-hybridized carbons (Fsp3) is 0.261. The van der Waals surface area contributed by atoms with Crippen molar-refractivity contribution in [3.05, 3.63) is 76.3 Å². The highest BCUT2D eigenvalue weighted by atomic mass is 32.1. The minimum Gasteiger partial charge on any atom is -0.290 e. The Hall–Kier alpha value is -2.79. The van der Waals surface area contributed by atoms with Gasteiger partial charge in [-0.3, -0.25) is 4.79 Å². The van der Waals surface area contributed by atoms with Gasteiger partial charge in [0.15, 0.2) is 11.4 Å². The number of aromatic nitrogens is 2. The number of thiophene rings is 1. The van der Waals surface area contributed by atoms with Crippen molar-refractivity contribution in [3.8, 4) is 0 Å². The lowest BCUT2D eigenvalue weighted by molar-refractivity contribution is -0.667. The van der Waals surface area contributed by atoms with Crippen molar-refractivity contribution in [2.45, 2.75) is 32.7 Å². The van der Waals surface area contributed by atoms with Crippen molar-refractivity contribution >= 4 is 37.4 Å². The Kier molecular flexibility index (Phi) is 5.09. The molecule has 2 aromatic carbocycles. The highest BCUT2D eigenvalue weighted by Crippen LogP contribution is 2.29. The number of hydrogen-bond acceptors (Lipinski definition) is 3. The topological polar surface area (TPSA) is 43.0 Å². The van der Waals surface area contributed by atoms with Crippen LogP contribution in [0.25, 0.3) is 20.3 Å². The molecule has 0 spiro atoms. The molecule has 4 aromatic rings. The molecule has 0 N–H and O–H groups in total. The van der Waals surface area contributed by atoms with Crippen molar-refractivity contribution in [2.75, 3.05) is 0 Å². The minimum absolute atomic E-state index is 0.0157. The predicted molar refractivity (Wildman–Crippen MR) is 114 cm³/mol. The van der Waals surface area contributed by atoms with Crippen LogP contribution in [0.2, 0.25) is 0 Å². The van der Waals surface area contributed by atoms with Gasteiger partial charge in [0.1, 0.15) is 5.39 Å². The van der Waals surface area contributed by atoms with Crippen LogP contribution in [0.15, 0.2) is 59.4 Å². The van der Waals surface area contributed by atoms with E-state index in [9.17, 15) is 9.59 Å². The second-order valence-electron chi connectivity index (χ2n) is 7.04. The summed E-state index contributed by atoms with van der Waals surface area (Å²) < 4.78 is 4.87. The Balaban J connectivity index is 1.96. The number of rotatable bonds is 6. The molecule has 2 aromatic heterocycles. The lowest BCUT2D eigenvalue weighted by atomic mass is 10.1. The Labute approximate surface area is 167 Å². The zero-order valence-corrected chi connectivity index (χ0v) is 17.0. The first-order valence-electron chi connectivity index (χ1n) is 9.63. The van der Waals surface area contributed by atoms with Crippen LogP contribution >= 0.6 is 11.3 Å². The molecule has 0 saturated carbocycles. The van der Waals surface area contributed by atoms with Gasteiger partial charge in [0, 0.05) is 22.1 Å². The number of unbranched alkanes of at least 4 members (excludes halogenated alkanes) is 1. The number of carbonyl (C=O) groups is 1. The molecule has 0 amide bonds. The van der Waals surface area contributed by atoms with Gasteiger partial charge in [-0.25, -0.2) is 9.36 Å². The average Bonchev–Trinajstić information content (AvgIpc) is 3.12. The van der Waals surface area contributed by atoms with Crippen molar-refractivity contribution in [1.29, 1.82) is 0 Å². The lowest BCUT2D eigenvalue weighted by Crippen LogP contribution is -2.48. The van der Waals surface area contributed by atoms with E-state index in [0.717, 1.165) is 40.0 Å². The summed E-state index contributed by atoms with van der Waals surface area (Å²) in [6, 6.07) is 17.3. The van der Waals surface area contributed by atoms with Crippen LogP contribution in [0.4, 0.5) is 0 Å². The number of Topliss-reactive ketones (excluding diaryl/α,β-unsaturated/α-hetero) is 1. The quantitative estimate of drug-likeness (QED) is 0.364. The number of fused-ring (bicyclic) bond motifs is 3. The van der Waals surface area contributed by atoms with E-state index in [-0.39, 0.29) is 17.9 Å². The van der Waals surface area contributed by atoms with Gasteiger partial charge in [-0.15, -0.1) is 0 Å². The molecular weight excluding hydrogens is 368 g/mol. The second kappa shape index (κ2) is 7.68. The standard InChI is InChI=1S/C23H23N2O2S/c1-3-4-14-20-24(2)22(27)21-17-12-8-9-13-19(17)28-23(21)25(20)15-18(26)16-10-6-5-7-11-16/h5-13H,3-4,14-15H2,1-2H3/q+1. The van der Waals surface area contributed by atoms with Gasteiger partial charge in [0.2, 0.25) is 5.78 Å². The molecule has 0 aliphatic carbocycles. The van der Waals surface area contributed by atoms with E-state index in [1.165, 1.54) is 0 Å². The first-order valence-corrected chi connectivity index (χ1v) is 10.4. The summed E-state index contributed by atoms with van der Waals surface area (Å²) in [5, 5.41) is 1.68. The highest BCUT2D eigenvalue weighted by molar-refractivity contribution is 7.25. The Morgan fingerprint density at radius 1 is 1.07 bits per heavy atom. The molecule has 0 aliphatic rings. The number of benzene rings is 2. The van der Waals surface area contributed by atoms with Crippen molar-refractivity contribution in [3.63, 3.8) is 0 Å². The molecule has 4 nitrogen and oxygen atoms in total. The molecule has 0 bridgehead atoms. The second-order valence-corrected chi connectivity index (χ2v) is 8.07. The van der Waals surface area contributed by atoms with Crippen LogP contribution in [-0.4, -0.2) is 10.4 Å². The van der Waals surface area contributed by atoms with Crippen LogP contribution in [0.1, 0.15) is 35.9 Å². The van der Waals surface area contributed by atoms with Gasteiger partial charge in [-0.1, -0.05) is 73.2 Å². The summed E-state index contributed by atoms with van der Waals surface area (Å²) in [6.07, 6.45) is 2.78. The number of carbonyl (C=O) groups excluding carboxylic acids is 1. The van der Waals surface area contributed by atoms with E-state index in [1.54, 1.807) is 15.9 Å². The lowest BCUT2D eigenvalue weighted by Gasteiger charge is -2.10. The van der Waals surface area contributed by atoms with Gasteiger partial charge in [0.25, 0.3) is 5.82 Å². The molecule has 28 heavy (non-hydrogen) atoms. The molecule has 0 radical (unpaired) electrons. The zero-order valence-electron chi connectivity index (χ0n) is 16.1. The minimum atomic E-state index is 0.0157. The smallest absolute Gasteiger partial charge is 0.290 e. The number of nitrogens with zero attached hydrogens (tertiary/aromatic N) is 2. The molecular formula is C23H23N2O2S+. The van der Waals surface area contributed by atoms with Gasteiger partial charge >= 0.3 is 5.56 Å². The van der Waals surface area contributed by atoms with Crippen molar-refractivity contribution < 1.29 is 9.36 Å². The molecule has 0 saturated heterocycles. The fourth-order valence-corrected chi connectivity index (χ4v) is 4.89. The van der Waals surface area contributed by atoms with Crippen molar-refractivity contribution in [2.24, 2.45) is 7.05 Å². The number of ketones is 1. The predicted octanol–water partition coefficient (Wildman–Crippen LogP) is 4.27. The van der Waals surface area contributed by atoms with E-state index < -0.39 is 0 Å². The van der Waals surface area contributed by atoms with Crippen LogP contribution in [0.5, 0.6) is 0 Å². The third kappa shape index (κ3) is 3.16. The summed E-state index contributed by atoms with van der Waals surface area (Å²) in [5.41, 5.74) is 0.710. The Morgan fingerprint density at radius 3 is 2.54 bits per heavy atom. The van der Waals surface area contributed by atoms with E-state index >= 15 is 0 Å². The summed E-state index contributed by atoms with van der Waals surface area (Å²) in [7, 11) is 1.82. The average molecular weight is 392 g/mol. The molecule has 5 heteroatoms. The summed E-state index contributed by atoms with van der Waals surface area (Å²) in [6.45, 7) is 2.37. The molecule has 0 fully saturated rings. The van der Waals surface area contributed by atoms with E-state index in [1.807, 2.05) is 61.6 Å². The maximum absolute atomic E-state index is 13.2. The highest BCUT2D eigenvalue weighted by Gasteiger charge is 2.26. The first-order chi connectivity index (χ1) is 13.6. The van der Waals surface area contributed by atoms with Gasteiger partial charge < -0.3 is 0 Å². The van der Waals surface area contributed by atoms with E-state index in [2.05, 4.69) is 11.5 Å². The molecule has 0 aliphatic heterocycles. The van der Waals surface area contributed by atoms with E-state index in [4.69, 9.17) is 0 Å². The fourth-order valence-electron chi connectivity index (χ4n) is 3.67. The maximum atomic E-state index is 13.2. The third-order valence-corrected chi connectivity index (χ3v) is 6.38. The molecule has 4 rings (SSSR count). The SMILES string of the molecule is CCCCc1n(C)c(=O)c2c3ccccc3sc2[n+]1CC(=O)c1ccccc1. The summed E-state index contributed by atoms with van der Waals surface area (Å²) in [4.78, 5) is 27.0. The molecule has 0 atom stereocenters. The van der Waals surface area contributed by atoms with Crippen LogP contribution < -0.4 is 10.1 Å². The normalized spacial score (nSPS) is 11.4. The summed E-state index contributed by atoms with van der Waals surface area (Å²) >= 11 is 1.59. The van der Waals surface area contributed by atoms with Crippen LogP contribution in [0, 0.1) is 0 Å². The van der Waals surface area contributed by atoms with Gasteiger partial charge in [-0.2, -0.15) is 4.57 Å². The maximum Gasteiger partial charge on any atom is 0.346 e. The van der Waals surface area contributed by atoms with Crippen LogP contribution in [0.3, 0.4) is 0 Å². The largest absolute Gasteiger partial charge is 0.346 e. The van der Waals surface area contributed by atoms with Crippen molar-refractivity contribution in [1.82, 2.24) is 4.57 Å². The third-order valence-electron chi connectivity index (χ3n) is 5.19. The molecule has 0 unspecified atom stereocenters. The number of hydrogen-bond donors (Lipinski definition) is 0. The zero-order chi connectivity index (χ0) is 19.7. The Bertz CT molecular complexity index is 1220. The summed E-state index contributed by atoms with van der Waals surface area (Å²) in [5.74, 6) is 0.968.